The number of anilines is 2. The van der Waals surface area contributed by atoms with E-state index in [4.69, 9.17) is 0 Å². The number of hydrogen-bond donors (Lipinski definition) is 4. The van der Waals surface area contributed by atoms with Crippen LogP contribution in [0.25, 0.3) is 54.5 Å². The first kappa shape index (κ1) is 80.9. The third kappa shape index (κ3) is 19.6. The first-order valence-corrected chi connectivity index (χ1v) is 38.1. The Kier molecular flexibility index (Phi) is 26.2. The summed E-state index contributed by atoms with van der Waals surface area (Å²) in [5.74, 6) is 1.35. The van der Waals surface area contributed by atoms with Gasteiger partial charge in [0.25, 0.3) is 23.6 Å². The van der Waals surface area contributed by atoms with Crippen LogP contribution in [0.2, 0.25) is 0 Å². The van der Waals surface area contributed by atoms with Crippen LogP contribution in [0.5, 0.6) is 0 Å². The Hall–Kier alpha value is -13.1. The number of carbonyl (C=O) groups excluding carboxylic acids is 4. The van der Waals surface area contributed by atoms with Crippen LogP contribution in [0.3, 0.4) is 0 Å². The van der Waals surface area contributed by atoms with Crippen molar-refractivity contribution in [3.8, 4) is 0 Å². The van der Waals surface area contributed by atoms with Crippen molar-refractivity contribution in [1.29, 1.82) is 0 Å². The Bertz CT molecular complexity index is 5680. The quantitative estimate of drug-likeness (QED) is 0.0631. The van der Waals surface area contributed by atoms with Gasteiger partial charge in [0.05, 0.1) is 30.0 Å². The molecule has 0 unspecified atom stereocenters. The number of nitrogens with one attached hydrogen (secondary N) is 3. The number of nitrogens with zero attached hydrogens (tertiary/aromatic N) is 11. The molecule has 578 valence electrons. The smallest absolute Gasteiger partial charge is 0.352 e. The van der Waals surface area contributed by atoms with Crippen LogP contribution in [0.1, 0.15) is 196 Å². The number of carboxylic acids is 1. The Morgan fingerprint density at radius 1 is 0.425 bits per heavy atom. The van der Waals surface area contributed by atoms with E-state index in [2.05, 4.69) is 159 Å². The first-order chi connectivity index (χ1) is 54.2. The maximum Gasteiger partial charge on any atom is 0.352 e. The molecule has 4 N–H and O–H groups in total. The minimum atomic E-state index is -0.915. The van der Waals surface area contributed by atoms with E-state index < -0.39 is 5.97 Å². The fourth-order valence-corrected chi connectivity index (χ4v) is 14.0. The number of amides is 4. The van der Waals surface area contributed by atoms with Gasteiger partial charge in [0.15, 0.2) is 0 Å². The highest BCUT2D eigenvalue weighted by Gasteiger charge is 2.22. The lowest BCUT2D eigenvalue weighted by molar-refractivity contribution is 0.0684. The Balaban J connectivity index is 0.000000140. The maximum absolute atomic E-state index is 12.8. The minimum absolute atomic E-state index is 0.0271. The summed E-state index contributed by atoms with van der Waals surface area (Å²) >= 11 is 0. The summed E-state index contributed by atoms with van der Waals surface area (Å²) in [5.41, 5.74) is 18.3. The van der Waals surface area contributed by atoms with Crippen molar-refractivity contribution < 1.29 is 29.1 Å². The van der Waals surface area contributed by atoms with Crippen molar-refractivity contribution in [3.63, 3.8) is 0 Å². The average Bonchev–Trinajstić information content (AvgIpc) is 1.65. The molecule has 0 spiro atoms. The van der Waals surface area contributed by atoms with Gasteiger partial charge in [-0.05, 0) is 196 Å². The van der Waals surface area contributed by atoms with Gasteiger partial charge in [-0.25, -0.2) is 9.78 Å². The molecule has 0 saturated carbocycles. The number of aromatic nitrogens is 10. The van der Waals surface area contributed by atoms with E-state index in [1.807, 2.05) is 185 Å². The lowest BCUT2D eigenvalue weighted by Crippen LogP contribution is -2.26. The van der Waals surface area contributed by atoms with Crippen molar-refractivity contribution in [2.24, 2.45) is 28.2 Å². The molecule has 15 aromatic rings. The van der Waals surface area contributed by atoms with Gasteiger partial charge >= 0.3 is 5.97 Å². The van der Waals surface area contributed by atoms with Gasteiger partial charge in [0.2, 0.25) is 0 Å². The summed E-state index contributed by atoms with van der Waals surface area (Å²) in [6.07, 6.45) is 20.5. The summed E-state index contributed by atoms with van der Waals surface area (Å²) in [6, 6.07) is 55.5. The zero-order valence-electron chi connectivity index (χ0n) is 67.0. The molecule has 0 atom stereocenters. The maximum atomic E-state index is 12.8. The van der Waals surface area contributed by atoms with Gasteiger partial charge in [0.1, 0.15) is 11.5 Å². The second-order valence-corrected chi connectivity index (χ2v) is 29.9. The molecule has 0 radical (unpaired) electrons. The third-order valence-corrected chi connectivity index (χ3v) is 19.9. The van der Waals surface area contributed by atoms with Crippen LogP contribution in [0.4, 0.5) is 11.5 Å². The Morgan fingerprint density at radius 2 is 0.876 bits per heavy atom. The van der Waals surface area contributed by atoms with Crippen molar-refractivity contribution in [2.75, 3.05) is 17.7 Å². The second-order valence-electron chi connectivity index (χ2n) is 29.9. The number of aryl methyl sites for hydroxylation is 4. The zero-order valence-corrected chi connectivity index (χ0v) is 67.0. The molecule has 10 heterocycles. The van der Waals surface area contributed by atoms with Crippen LogP contribution in [0.15, 0.2) is 244 Å². The van der Waals surface area contributed by atoms with Gasteiger partial charge in [-0.2, -0.15) is 0 Å². The van der Waals surface area contributed by atoms with Crippen molar-refractivity contribution in [1.82, 2.24) is 58.0 Å². The van der Waals surface area contributed by atoms with Gasteiger partial charge in [-0.15, -0.1) is 0 Å². The molecule has 0 saturated heterocycles. The van der Waals surface area contributed by atoms with E-state index >= 15 is 0 Å². The SMILES string of the molecule is CC(C)c1cccc2cc(C(=O)O)n(Cc3ccccn3)c12.CC(C)c1cn(C)c2ccc(C(=O)N(C)Cc3cccnc3)cc12.CC(C)c1cn(C)c2ccc(C(=O)NCc3ccccn3)cc12.CC(C)c1cn(C)c2ccc(C(=O)Nc3ccccn3)cc12.CC(C)c1cn(C)c2ccc(C(=O)Nc3ccncc3)cc12. The summed E-state index contributed by atoms with van der Waals surface area (Å²) in [5, 5.41) is 23.7. The number of benzene rings is 5. The van der Waals surface area contributed by atoms with E-state index in [-0.39, 0.29) is 23.6 Å². The summed E-state index contributed by atoms with van der Waals surface area (Å²) in [6.45, 7) is 23.0. The molecule has 15 rings (SSSR count). The first-order valence-electron chi connectivity index (χ1n) is 38.1. The van der Waals surface area contributed by atoms with Crippen LogP contribution in [0, 0.1) is 0 Å². The van der Waals surface area contributed by atoms with Crippen LogP contribution < -0.4 is 16.0 Å². The molecule has 0 bridgehead atoms. The minimum Gasteiger partial charge on any atom is -0.477 e. The third-order valence-electron chi connectivity index (χ3n) is 19.9. The number of rotatable bonds is 18. The molecular formula is C93H100N14O6. The van der Waals surface area contributed by atoms with Crippen molar-refractivity contribution >= 4 is 95.6 Å². The predicted molar refractivity (Wildman–Crippen MR) is 454 cm³/mol. The molecule has 113 heavy (non-hydrogen) atoms. The number of pyridine rings is 5. The van der Waals surface area contributed by atoms with Crippen LogP contribution in [-0.2, 0) is 47.8 Å². The van der Waals surface area contributed by atoms with Crippen LogP contribution >= 0.6 is 0 Å². The summed E-state index contributed by atoms with van der Waals surface area (Å²) in [7, 11) is 9.97. The topological polar surface area (TPSA) is 234 Å². The Labute approximate surface area is 660 Å². The largest absolute Gasteiger partial charge is 0.477 e. The number of carbonyl (C=O) groups is 5. The molecule has 0 aliphatic rings. The van der Waals surface area contributed by atoms with Gasteiger partial charge in [-0.3, -0.25) is 39.1 Å². The monoisotopic (exact) mass is 1510 g/mol. The van der Waals surface area contributed by atoms with E-state index in [9.17, 15) is 29.1 Å². The average molecular weight is 1510 g/mol. The lowest BCUT2D eigenvalue weighted by atomic mass is 10.0. The van der Waals surface area contributed by atoms with E-state index in [0.29, 0.717) is 77.4 Å². The van der Waals surface area contributed by atoms with Crippen molar-refractivity contribution in [2.45, 2.75) is 118 Å². The van der Waals surface area contributed by atoms with E-state index in [1.54, 1.807) is 72.5 Å². The van der Waals surface area contributed by atoms with Gasteiger partial charge < -0.3 is 48.8 Å². The van der Waals surface area contributed by atoms with Crippen LogP contribution in [-0.4, -0.2) is 94.4 Å². The number of aromatic carboxylic acids is 1. The molecule has 5 aromatic carbocycles. The molecule has 0 aliphatic heterocycles. The molecule has 20 nitrogen and oxygen atoms in total. The summed E-state index contributed by atoms with van der Waals surface area (Å²) in [4.78, 5) is 84.0. The zero-order chi connectivity index (χ0) is 80.7. The highest BCUT2D eigenvalue weighted by atomic mass is 16.4. The second kappa shape index (κ2) is 36.6. The highest BCUT2D eigenvalue weighted by molar-refractivity contribution is 6.08. The summed E-state index contributed by atoms with van der Waals surface area (Å²) < 4.78 is 10.3. The fourth-order valence-electron chi connectivity index (χ4n) is 14.0. The fraction of sp³-hybridized carbons (Fsp3) is 0.247. The molecule has 0 fully saturated rings. The lowest BCUT2D eigenvalue weighted by Gasteiger charge is -2.17. The van der Waals surface area contributed by atoms with Gasteiger partial charge in [-0.1, -0.05) is 112 Å². The van der Waals surface area contributed by atoms with Gasteiger partial charge in [0, 0.05) is 187 Å². The Morgan fingerprint density at radius 3 is 1.32 bits per heavy atom. The van der Waals surface area contributed by atoms with Crippen molar-refractivity contribution in [3.05, 3.63) is 317 Å². The molecular weight excluding hydrogens is 1410 g/mol. The molecule has 20 heteroatoms. The number of para-hydroxylation sites is 1. The standard InChI is InChI=1S/C20H23N3O.C19H21N3O.2C18H19N3O.C18H18N2O2/c1-14(2)18-13-22(3)19-8-7-16(10-17(18)19)20(24)23(4)12-15-6-5-9-21-11-15;1-13(2)17-12-22(3)18-8-7-14(10-16(17)18)19(23)21-11-15-6-4-5-9-20-15;1-12(2)16-11-21(3)17-5-4-13(10-15(16)17)18(22)20-14-6-8-19-9-7-14;1-12(2)15-11-21(3)16-8-7-13(10-14(15)16)18(22)20-17-6-4-5-9-19-17;1-12(2)15-8-5-6-13-10-16(18(21)22)20(17(13)15)11-14-7-3-4-9-19-14/h5-11,13-14H,12H2,1-4H3;4-10,12-13H,11H2,1-3H3,(H,21,23);2*4-12H,1-3H3,(H,19,20,22);3-10,12H,11H2,1-2H3,(H,21,22). The molecule has 10 aromatic heterocycles. The predicted octanol–water partition coefficient (Wildman–Crippen LogP) is 19.4. The molecule has 0 aliphatic carbocycles. The number of carboxylic acid groups (broad SMARTS) is 1. The normalized spacial score (nSPS) is 11.2. The highest BCUT2D eigenvalue weighted by Crippen LogP contribution is 2.34. The van der Waals surface area contributed by atoms with E-state index in [0.717, 1.165) is 88.3 Å². The molecule has 4 amide bonds. The number of fused-ring (bicyclic) bond motifs is 5. The van der Waals surface area contributed by atoms with E-state index in [1.165, 1.54) is 22.3 Å². The number of hydrogen-bond acceptors (Lipinski definition) is 10.